The van der Waals surface area contributed by atoms with E-state index >= 15 is 0 Å². The molecule has 0 spiro atoms. The van der Waals surface area contributed by atoms with Gasteiger partial charge >= 0.3 is 0 Å². The first-order chi connectivity index (χ1) is 7.38. The van der Waals surface area contributed by atoms with Crippen LogP contribution in [0.3, 0.4) is 0 Å². The summed E-state index contributed by atoms with van der Waals surface area (Å²) in [5.41, 5.74) is 0. The summed E-state index contributed by atoms with van der Waals surface area (Å²) in [7, 11) is 0. The van der Waals surface area contributed by atoms with Gasteiger partial charge in [0.1, 0.15) is 11.8 Å². The van der Waals surface area contributed by atoms with Gasteiger partial charge in [-0.15, -0.1) is 0 Å². The van der Waals surface area contributed by atoms with Crippen molar-refractivity contribution in [1.82, 2.24) is 5.32 Å². The van der Waals surface area contributed by atoms with E-state index in [0.717, 1.165) is 24.8 Å². The Morgan fingerprint density at radius 3 is 2.87 bits per heavy atom. The molecule has 1 aliphatic rings. The number of hydrogen-bond acceptors (Lipinski definition) is 3. The van der Waals surface area contributed by atoms with Crippen molar-refractivity contribution in [2.24, 2.45) is 5.92 Å². The van der Waals surface area contributed by atoms with Crippen molar-refractivity contribution in [1.29, 1.82) is 5.26 Å². The fourth-order valence-corrected chi connectivity index (χ4v) is 2.15. The molecule has 3 nitrogen and oxygen atoms in total. The van der Waals surface area contributed by atoms with E-state index in [9.17, 15) is 0 Å². The van der Waals surface area contributed by atoms with E-state index in [1.54, 1.807) is 6.07 Å². The maximum absolute atomic E-state index is 8.58. The van der Waals surface area contributed by atoms with Crippen molar-refractivity contribution < 1.29 is 4.42 Å². The van der Waals surface area contributed by atoms with Crippen LogP contribution in [-0.2, 0) is 6.54 Å². The molecule has 1 fully saturated rings. The lowest BCUT2D eigenvalue weighted by Gasteiger charge is -2.08. The second-order valence-electron chi connectivity index (χ2n) is 4.16. The summed E-state index contributed by atoms with van der Waals surface area (Å²) >= 11 is 0. The molecule has 0 saturated heterocycles. The van der Waals surface area contributed by atoms with Gasteiger partial charge in [-0.3, -0.25) is 0 Å². The minimum atomic E-state index is 0.396. The lowest BCUT2D eigenvalue weighted by atomic mass is 10.1. The lowest BCUT2D eigenvalue weighted by Crippen LogP contribution is -2.20. The van der Waals surface area contributed by atoms with Crippen LogP contribution in [0.15, 0.2) is 16.5 Å². The van der Waals surface area contributed by atoms with Gasteiger partial charge in [-0.25, -0.2) is 0 Å². The van der Waals surface area contributed by atoms with Crippen molar-refractivity contribution in [3.8, 4) is 6.07 Å². The van der Waals surface area contributed by atoms with Gasteiger partial charge in [0, 0.05) is 0 Å². The fraction of sp³-hybridized carbons (Fsp3) is 0.583. The van der Waals surface area contributed by atoms with Crippen LogP contribution in [-0.4, -0.2) is 6.54 Å². The molecule has 0 bridgehead atoms. The predicted octanol–water partition coefficient (Wildman–Crippen LogP) is 2.43. The molecule has 2 rings (SSSR count). The summed E-state index contributed by atoms with van der Waals surface area (Å²) in [5, 5.41) is 12.0. The monoisotopic (exact) mass is 204 g/mol. The van der Waals surface area contributed by atoms with Crippen LogP contribution in [0.25, 0.3) is 0 Å². The number of nitrogens with one attached hydrogen (secondary N) is 1. The molecule has 1 saturated carbocycles. The third-order valence-corrected chi connectivity index (χ3v) is 2.98. The highest BCUT2D eigenvalue weighted by atomic mass is 16.3. The molecular weight excluding hydrogens is 188 g/mol. The fourth-order valence-electron chi connectivity index (χ4n) is 2.15. The zero-order valence-corrected chi connectivity index (χ0v) is 8.83. The first-order valence-corrected chi connectivity index (χ1v) is 5.58. The largest absolute Gasteiger partial charge is 0.449 e. The Bertz CT molecular complexity index is 345. The number of furan rings is 1. The van der Waals surface area contributed by atoms with Gasteiger partial charge < -0.3 is 9.73 Å². The van der Waals surface area contributed by atoms with E-state index in [0.29, 0.717) is 5.76 Å². The highest BCUT2D eigenvalue weighted by Crippen LogP contribution is 2.23. The Morgan fingerprint density at radius 1 is 1.40 bits per heavy atom. The Balaban J connectivity index is 1.71. The maximum atomic E-state index is 8.58. The molecule has 1 aromatic rings. The second-order valence-corrected chi connectivity index (χ2v) is 4.16. The zero-order valence-electron chi connectivity index (χ0n) is 8.83. The van der Waals surface area contributed by atoms with E-state index in [1.807, 2.05) is 12.1 Å². The average molecular weight is 204 g/mol. The van der Waals surface area contributed by atoms with E-state index < -0.39 is 0 Å². The van der Waals surface area contributed by atoms with Gasteiger partial charge in [0.15, 0.2) is 0 Å². The third-order valence-electron chi connectivity index (χ3n) is 2.98. The molecule has 0 amide bonds. The third kappa shape index (κ3) is 2.84. The van der Waals surface area contributed by atoms with Gasteiger partial charge in [-0.05, 0) is 37.4 Å². The van der Waals surface area contributed by atoms with E-state index in [-0.39, 0.29) is 0 Å². The van der Waals surface area contributed by atoms with Crippen LogP contribution < -0.4 is 5.32 Å². The van der Waals surface area contributed by atoms with Crippen molar-refractivity contribution >= 4 is 0 Å². The summed E-state index contributed by atoms with van der Waals surface area (Å²) in [5.74, 6) is 2.09. The molecule has 0 aliphatic heterocycles. The van der Waals surface area contributed by atoms with Crippen molar-refractivity contribution in [2.45, 2.75) is 32.2 Å². The Kier molecular flexibility index (Phi) is 3.41. The highest BCUT2D eigenvalue weighted by molar-refractivity contribution is 5.18. The highest BCUT2D eigenvalue weighted by Gasteiger charge is 2.14. The van der Waals surface area contributed by atoms with Crippen molar-refractivity contribution in [2.75, 3.05) is 6.54 Å². The first-order valence-electron chi connectivity index (χ1n) is 5.58. The standard InChI is InChI=1S/C12H16N2O/c13-7-11-5-6-12(15-11)9-14-8-10-3-1-2-4-10/h5-6,10,14H,1-4,8-9H2. The quantitative estimate of drug-likeness (QED) is 0.819. The van der Waals surface area contributed by atoms with Gasteiger partial charge in [0.2, 0.25) is 5.76 Å². The minimum Gasteiger partial charge on any atom is -0.449 e. The zero-order chi connectivity index (χ0) is 10.5. The number of hydrogen-bond donors (Lipinski definition) is 1. The van der Waals surface area contributed by atoms with E-state index in [2.05, 4.69) is 5.32 Å². The number of nitrogens with zero attached hydrogens (tertiary/aromatic N) is 1. The molecule has 0 radical (unpaired) electrons. The Morgan fingerprint density at radius 2 is 2.20 bits per heavy atom. The molecule has 0 atom stereocenters. The smallest absolute Gasteiger partial charge is 0.203 e. The average Bonchev–Trinajstić information content (AvgIpc) is 2.88. The lowest BCUT2D eigenvalue weighted by molar-refractivity contribution is 0.439. The summed E-state index contributed by atoms with van der Waals surface area (Å²) in [6.45, 7) is 1.81. The first kappa shape index (κ1) is 10.3. The molecule has 1 aromatic heterocycles. The van der Waals surface area contributed by atoms with Crippen molar-refractivity contribution in [3.63, 3.8) is 0 Å². The Labute approximate surface area is 90.1 Å². The predicted molar refractivity (Wildman–Crippen MR) is 57.1 cm³/mol. The molecule has 3 heteroatoms. The van der Waals surface area contributed by atoms with Crippen molar-refractivity contribution in [3.05, 3.63) is 23.7 Å². The molecule has 0 unspecified atom stereocenters. The van der Waals surface area contributed by atoms with Crippen LogP contribution in [0.5, 0.6) is 0 Å². The van der Waals surface area contributed by atoms with Crippen LogP contribution >= 0.6 is 0 Å². The molecule has 1 N–H and O–H groups in total. The van der Waals surface area contributed by atoms with Gasteiger partial charge in [-0.1, -0.05) is 12.8 Å². The Hall–Kier alpha value is -1.27. The number of nitriles is 1. The molecule has 0 aromatic carbocycles. The molecule has 15 heavy (non-hydrogen) atoms. The van der Waals surface area contributed by atoms with Gasteiger partial charge in [0.05, 0.1) is 6.54 Å². The van der Waals surface area contributed by atoms with E-state index in [1.165, 1.54) is 25.7 Å². The van der Waals surface area contributed by atoms with Crippen LogP contribution in [0.4, 0.5) is 0 Å². The topological polar surface area (TPSA) is 49.0 Å². The molecule has 1 aliphatic carbocycles. The van der Waals surface area contributed by atoms with Crippen LogP contribution in [0.2, 0.25) is 0 Å². The van der Waals surface area contributed by atoms with Crippen LogP contribution in [0, 0.1) is 17.2 Å². The summed E-state index contributed by atoms with van der Waals surface area (Å²) < 4.78 is 5.27. The van der Waals surface area contributed by atoms with Gasteiger partial charge in [0.25, 0.3) is 0 Å². The molecule has 80 valence electrons. The number of rotatable bonds is 4. The minimum absolute atomic E-state index is 0.396. The summed E-state index contributed by atoms with van der Waals surface area (Å²) in [6.07, 6.45) is 5.47. The normalized spacial score (nSPS) is 16.7. The summed E-state index contributed by atoms with van der Waals surface area (Å²) in [4.78, 5) is 0. The molecule has 1 heterocycles. The maximum Gasteiger partial charge on any atom is 0.203 e. The summed E-state index contributed by atoms with van der Waals surface area (Å²) in [6, 6.07) is 5.56. The van der Waals surface area contributed by atoms with Crippen LogP contribution in [0.1, 0.15) is 37.2 Å². The SMILES string of the molecule is N#Cc1ccc(CNCC2CCCC2)o1. The van der Waals surface area contributed by atoms with Gasteiger partial charge in [-0.2, -0.15) is 5.26 Å². The molecular formula is C12H16N2O. The second kappa shape index (κ2) is 4.99. The van der Waals surface area contributed by atoms with E-state index in [4.69, 9.17) is 9.68 Å².